The summed E-state index contributed by atoms with van der Waals surface area (Å²) < 4.78 is 22.6. The van der Waals surface area contributed by atoms with E-state index in [-0.39, 0.29) is 4.20 Å². The first-order valence-corrected chi connectivity index (χ1v) is 2.87. The predicted molar refractivity (Wildman–Crippen MR) is 31.9 cm³/mol. The maximum absolute atomic E-state index is 11.2. The Hall–Kier alpha value is 0.300. The van der Waals surface area contributed by atoms with Gasteiger partial charge in [-0.15, -0.1) is 0 Å². The van der Waals surface area contributed by atoms with Crippen LogP contribution >= 0.6 is 24.0 Å². The van der Waals surface area contributed by atoms with Gasteiger partial charge in [-0.1, -0.05) is 12.2 Å². The molecule has 0 saturated heterocycles. The molecule has 7 heavy (non-hydrogen) atoms. The molecule has 0 fully saturated rings. The molecule has 0 saturated carbocycles. The molecule has 0 aliphatic heterocycles. The monoisotopic (exact) mass is 142 g/mol. The SMILES string of the molecule is CC(=S)SC(F)F. The normalized spacial score (nSPS) is 9.71. The lowest BCUT2D eigenvalue weighted by atomic mass is 11.0. The zero-order chi connectivity index (χ0) is 5.86. The van der Waals surface area contributed by atoms with Crippen molar-refractivity contribution in [2.45, 2.75) is 12.7 Å². The third kappa shape index (κ3) is 6.30. The van der Waals surface area contributed by atoms with Crippen LogP contribution in [0, 0.1) is 0 Å². The highest BCUT2D eigenvalue weighted by molar-refractivity contribution is 8.23. The molecule has 0 aromatic heterocycles. The van der Waals surface area contributed by atoms with Crippen molar-refractivity contribution >= 4 is 28.2 Å². The number of rotatable bonds is 1. The van der Waals surface area contributed by atoms with Crippen molar-refractivity contribution in [3.63, 3.8) is 0 Å². The van der Waals surface area contributed by atoms with Crippen LogP contribution in [0.5, 0.6) is 0 Å². The average molecular weight is 142 g/mol. The van der Waals surface area contributed by atoms with E-state index < -0.39 is 5.76 Å². The van der Waals surface area contributed by atoms with Crippen molar-refractivity contribution in [1.29, 1.82) is 0 Å². The number of alkyl halides is 2. The van der Waals surface area contributed by atoms with E-state index in [0.717, 1.165) is 0 Å². The smallest absolute Gasteiger partial charge is 0.198 e. The lowest BCUT2D eigenvalue weighted by Gasteiger charge is -1.90. The van der Waals surface area contributed by atoms with Gasteiger partial charge < -0.3 is 0 Å². The summed E-state index contributed by atoms with van der Waals surface area (Å²) >= 11 is 4.76. The Labute approximate surface area is 50.3 Å². The van der Waals surface area contributed by atoms with E-state index in [1.807, 2.05) is 0 Å². The molecule has 0 bridgehead atoms. The van der Waals surface area contributed by atoms with Crippen molar-refractivity contribution in [2.24, 2.45) is 0 Å². The quantitative estimate of drug-likeness (QED) is 0.515. The minimum Gasteiger partial charge on any atom is -0.198 e. The summed E-state index contributed by atoms with van der Waals surface area (Å²) in [6.45, 7) is 1.48. The van der Waals surface area contributed by atoms with Crippen molar-refractivity contribution in [1.82, 2.24) is 0 Å². The molecule has 0 amide bonds. The summed E-state index contributed by atoms with van der Waals surface area (Å²) in [6.07, 6.45) is 0. The number of hydrogen-bond acceptors (Lipinski definition) is 2. The van der Waals surface area contributed by atoms with Crippen molar-refractivity contribution in [2.75, 3.05) is 0 Å². The van der Waals surface area contributed by atoms with Crippen LogP contribution in [0.15, 0.2) is 0 Å². The van der Waals surface area contributed by atoms with Crippen LogP contribution < -0.4 is 0 Å². The van der Waals surface area contributed by atoms with E-state index in [4.69, 9.17) is 0 Å². The van der Waals surface area contributed by atoms with Crippen LogP contribution in [0.2, 0.25) is 0 Å². The molecule has 0 aliphatic carbocycles. The molecule has 0 heterocycles. The highest BCUT2D eigenvalue weighted by Gasteiger charge is 2.01. The molecule has 42 valence electrons. The molecule has 0 N–H and O–H groups in total. The van der Waals surface area contributed by atoms with Gasteiger partial charge in [0.2, 0.25) is 0 Å². The van der Waals surface area contributed by atoms with Gasteiger partial charge >= 0.3 is 0 Å². The first-order valence-electron chi connectivity index (χ1n) is 1.58. The van der Waals surface area contributed by atoms with E-state index in [1.54, 1.807) is 0 Å². The summed E-state index contributed by atoms with van der Waals surface area (Å²) in [4.78, 5) is 0. The first-order chi connectivity index (χ1) is 3.13. The van der Waals surface area contributed by atoms with E-state index in [2.05, 4.69) is 12.2 Å². The molecular weight excluding hydrogens is 138 g/mol. The Kier molecular flexibility index (Phi) is 3.46. The summed E-state index contributed by atoms with van der Waals surface area (Å²) in [5.41, 5.74) is 0. The molecule has 0 atom stereocenters. The minimum atomic E-state index is -2.35. The van der Waals surface area contributed by atoms with Gasteiger partial charge in [-0.05, 0) is 18.7 Å². The van der Waals surface area contributed by atoms with Gasteiger partial charge in [0.1, 0.15) is 0 Å². The highest BCUT2D eigenvalue weighted by atomic mass is 32.2. The van der Waals surface area contributed by atoms with Gasteiger partial charge in [0.05, 0.1) is 4.20 Å². The van der Waals surface area contributed by atoms with Gasteiger partial charge in [0.15, 0.2) is 0 Å². The average Bonchev–Trinajstić information content (AvgIpc) is 1.27. The van der Waals surface area contributed by atoms with Crippen LogP contribution in [-0.2, 0) is 0 Å². The fraction of sp³-hybridized carbons (Fsp3) is 0.667. The van der Waals surface area contributed by atoms with Crippen molar-refractivity contribution in [3.8, 4) is 0 Å². The third-order valence-corrected chi connectivity index (χ3v) is 1.05. The Bertz CT molecular complexity index is 71.3. The molecular formula is C3H4F2S2. The second kappa shape index (κ2) is 3.32. The number of thiocarbonyl (C=S) groups is 1. The first kappa shape index (κ1) is 7.30. The minimum absolute atomic E-state index is 0.287. The van der Waals surface area contributed by atoms with Gasteiger partial charge in [-0.2, -0.15) is 8.78 Å². The number of halogens is 2. The molecule has 0 nitrogen and oxygen atoms in total. The summed E-state index contributed by atoms with van der Waals surface area (Å²) in [5.74, 6) is -2.35. The molecule has 0 spiro atoms. The van der Waals surface area contributed by atoms with Gasteiger partial charge in [-0.25, -0.2) is 0 Å². The van der Waals surface area contributed by atoms with Crippen molar-refractivity contribution in [3.05, 3.63) is 0 Å². The molecule has 0 unspecified atom stereocenters. The molecule has 0 rings (SSSR count). The van der Waals surface area contributed by atoms with Gasteiger partial charge in [-0.3, -0.25) is 0 Å². The Morgan fingerprint density at radius 2 is 2.14 bits per heavy atom. The fourth-order valence-corrected chi connectivity index (χ4v) is 0.595. The van der Waals surface area contributed by atoms with E-state index >= 15 is 0 Å². The zero-order valence-corrected chi connectivity index (χ0v) is 5.28. The lowest BCUT2D eigenvalue weighted by molar-refractivity contribution is 0.253. The Balaban J connectivity index is 3.13. The topological polar surface area (TPSA) is 0 Å². The van der Waals surface area contributed by atoms with Gasteiger partial charge in [0, 0.05) is 0 Å². The van der Waals surface area contributed by atoms with Crippen molar-refractivity contribution < 1.29 is 8.78 Å². The molecule has 0 aromatic rings. The summed E-state index contributed by atoms with van der Waals surface area (Å²) in [6, 6.07) is 0. The van der Waals surface area contributed by atoms with Crippen LogP contribution in [0.25, 0.3) is 0 Å². The van der Waals surface area contributed by atoms with E-state index in [9.17, 15) is 8.78 Å². The standard InChI is InChI=1S/C3H4F2S2/c1-2(6)7-3(4)5/h3H,1H3. The zero-order valence-electron chi connectivity index (χ0n) is 3.65. The maximum atomic E-state index is 11.2. The Morgan fingerprint density at radius 1 is 1.71 bits per heavy atom. The largest absolute Gasteiger partial charge is 0.289 e. The second-order valence-corrected chi connectivity index (χ2v) is 2.95. The molecule has 4 heteroatoms. The lowest BCUT2D eigenvalue weighted by Crippen LogP contribution is -1.84. The van der Waals surface area contributed by atoms with Crippen LogP contribution in [0.4, 0.5) is 8.78 Å². The van der Waals surface area contributed by atoms with Gasteiger partial charge in [0.25, 0.3) is 5.76 Å². The summed E-state index contributed by atoms with van der Waals surface area (Å²) in [7, 11) is 0. The van der Waals surface area contributed by atoms with E-state index in [0.29, 0.717) is 11.8 Å². The predicted octanol–water partition coefficient (Wildman–Crippen LogP) is 2.29. The second-order valence-electron chi connectivity index (χ2n) is 0.870. The van der Waals surface area contributed by atoms with Crippen LogP contribution in [-0.4, -0.2) is 9.95 Å². The van der Waals surface area contributed by atoms with E-state index in [1.165, 1.54) is 6.92 Å². The highest BCUT2D eigenvalue weighted by Crippen LogP contribution is 2.14. The third-order valence-electron chi connectivity index (χ3n) is 0.255. The summed E-state index contributed by atoms with van der Waals surface area (Å²) in [5, 5.41) is 0. The molecule has 0 aromatic carbocycles. The number of thioether (sulfide) groups is 1. The number of hydrogen-bond donors (Lipinski definition) is 0. The Morgan fingerprint density at radius 3 is 2.14 bits per heavy atom. The van der Waals surface area contributed by atoms with Crippen LogP contribution in [0.3, 0.4) is 0 Å². The van der Waals surface area contributed by atoms with Crippen LogP contribution in [0.1, 0.15) is 6.92 Å². The molecule has 0 radical (unpaired) electrons. The fourth-order valence-electron chi connectivity index (χ4n) is 0.125. The molecule has 0 aliphatic rings. The maximum Gasteiger partial charge on any atom is 0.289 e.